The van der Waals surface area contributed by atoms with Gasteiger partial charge in [-0.25, -0.2) is 8.57 Å². The predicted octanol–water partition coefficient (Wildman–Crippen LogP) is 4.28. The SMILES string of the molecule is CN=S(=O)(C/C=C\C1CCCCC1)c1ccccc1. The van der Waals surface area contributed by atoms with E-state index < -0.39 is 9.73 Å². The van der Waals surface area contributed by atoms with E-state index in [1.165, 1.54) is 32.1 Å². The first-order valence-electron chi connectivity index (χ1n) is 7.09. The largest absolute Gasteiger partial charge is 0.244 e. The third-order valence-electron chi connectivity index (χ3n) is 3.79. The molecule has 0 amide bonds. The average molecular weight is 277 g/mol. The van der Waals surface area contributed by atoms with Crippen molar-refractivity contribution >= 4 is 9.73 Å². The van der Waals surface area contributed by atoms with E-state index in [2.05, 4.69) is 16.5 Å². The van der Waals surface area contributed by atoms with Crippen LogP contribution in [0.3, 0.4) is 0 Å². The van der Waals surface area contributed by atoms with E-state index in [9.17, 15) is 4.21 Å². The van der Waals surface area contributed by atoms with E-state index in [1.807, 2.05) is 30.3 Å². The van der Waals surface area contributed by atoms with Crippen LogP contribution in [-0.2, 0) is 9.73 Å². The first-order valence-corrected chi connectivity index (χ1v) is 8.78. The molecule has 1 aromatic rings. The quantitative estimate of drug-likeness (QED) is 0.755. The van der Waals surface area contributed by atoms with Crippen LogP contribution < -0.4 is 0 Å². The molecule has 1 fully saturated rings. The molecule has 3 heteroatoms. The zero-order valence-corrected chi connectivity index (χ0v) is 12.4. The fraction of sp³-hybridized carbons (Fsp3) is 0.500. The Kier molecular flexibility index (Phi) is 5.20. The van der Waals surface area contributed by atoms with Crippen molar-refractivity contribution in [3.63, 3.8) is 0 Å². The minimum absolute atomic E-state index is 0.532. The van der Waals surface area contributed by atoms with Gasteiger partial charge in [-0.3, -0.25) is 0 Å². The summed E-state index contributed by atoms with van der Waals surface area (Å²) in [5.74, 6) is 1.22. The number of allylic oxidation sites excluding steroid dienone is 1. The molecule has 0 saturated heterocycles. The number of benzene rings is 1. The first kappa shape index (κ1) is 14.3. The summed E-state index contributed by atoms with van der Waals surface area (Å²) in [5.41, 5.74) is 0. The second kappa shape index (κ2) is 6.90. The summed E-state index contributed by atoms with van der Waals surface area (Å²) in [6.07, 6.45) is 10.9. The molecule has 2 rings (SSSR count). The van der Waals surface area contributed by atoms with Gasteiger partial charge in [-0.1, -0.05) is 49.6 Å². The molecule has 2 nitrogen and oxygen atoms in total. The highest BCUT2D eigenvalue weighted by molar-refractivity contribution is 7.93. The summed E-state index contributed by atoms with van der Waals surface area (Å²) in [4.78, 5) is 0.839. The highest BCUT2D eigenvalue weighted by Gasteiger charge is 2.12. The van der Waals surface area contributed by atoms with E-state index in [0.29, 0.717) is 11.7 Å². The molecular weight excluding hydrogens is 254 g/mol. The maximum Gasteiger partial charge on any atom is 0.0785 e. The molecule has 1 aliphatic rings. The number of nitrogens with zero attached hydrogens (tertiary/aromatic N) is 1. The third kappa shape index (κ3) is 3.93. The van der Waals surface area contributed by atoms with E-state index in [0.717, 1.165) is 4.90 Å². The maximum absolute atomic E-state index is 12.8. The molecule has 0 aliphatic heterocycles. The molecule has 104 valence electrons. The molecule has 0 aromatic heterocycles. The van der Waals surface area contributed by atoms with Crippen molar-refractivity contribution < 1.29 is 4.21 Å². The van der Waals surface area contributed by atoms with Crippen molar-refractivity contribution in [2.45, 2.75) is 37.0 Å². The van der Waals surface area contributed by atoms with Crippen molar-refractivity contribution in [3.05, 3.63) is 42.5 Å². The molecule has 0 spiro atoms. The van der Waals surface area contributed by atoms with Crippen LogP contribution >= 0.6 is 0 Å². The Morgan fingerprint density at radius 1 is 1.21 bits per heavy atom. The van der Waals surface area contributed by atoms with E-state index >= 15 is 0 Å². The lowest BCUT2D eigenvalue weighted by atomic mass is 9.89. The lowest BCUT2D eigenvalue weighted by Crippen LogP contribution is -2.06. The van der Waals surface area contributed by atoms with Crippen LogP contribution in [0.2, 0.25) is 0 Å². The molecule has 0 N–H and O–H groups in total. The van der Waals surface area contributed by atoms with Gasteiger partial charge < -0.3 is 0 Å². The third-order valence-corrected chi connectivity index (χ3v) is 6.03. The summed E-state index contributed by atoms with van der Waals surface area (Å²) in [6.45, 7) is 0. The smallest absolute Gasteiger partial charge is 0.0785 e. The Morgan fingerprint density at radius 2 is 1.89 bits per heavy atom. The van der Waals surface area contributed by atoms with Gasteiger partial charge in [-0.2, -0.15) is 0 Å². The number of hydrogen-bond acceptors (Lipinski definition) is 2. The molecule has 1 aliphatic carbocycles. The zero-order chi connectivity index (χ0) is 13.6. The van der Waals surface area contributed by atoms with Gasteiger partial charge in [0.25, 0.3) is 0 Å². The van der Waals surface area contributed by atoms with Crippen molar-refractivity contribution in [1.82, 2.24) is 0 Å². The van der Waals surface area contributed by atoms with Crippen LogP contribution in [0.1, 0.15) is 32.1 Å². The summed E-state index contributed by atoms with van der Waals surface area (Å²) >= 11 is 0. The highest BCUT2D eigenvalue weighted by atomic mass is 32.2. The van der Waals surface area contributed by atoms with Crippen LogP contribution in [0.4, 0.5) is 0 Å². The molecule has 1 unspecified atom stereocenters. The second-order valence-electron chi connectivity index (χ2n) is 5.13. The second-order valence-corrected chi connectivity index (χ2v) is 7.58. The van der Waals surface area contributed by atoms with Gasteiger partial charge in [0.05, 0.1) is 15.5 Å². The predicted molar refractivity (Wildman–Crippen MR) is 81.8 cm³/mol. The van der Waals surface area contributed by atoms with E-state index in [-0.39, 0.29) is 0 Å². The Hall–Kier alpha value is -1.09. The van der Waals surface area contributed by atoms with Crippen LogP contribution in [-0.4, -0.2) is 17.0 Å². The van der Waals surface area contributed by atoms with Crippen molar-refractivity contribution in [1.29, 1.82) is 0 Å². The molecule has 19 heavy (non-hydrogen) atoms. The fourth-order valence-electron chi connectivity index (χ4n) is 2.61. The summed E-state index contributed by atoms with van der Waals surface area (Å²) in [7, 11) is -0.612. The van der Waals surface area contributed by atoms with Crippen LogP contribution in [0.15, 0.2) is 51.7 Å². The van der Waals surface area contributed by atoms with Crippen molar-refractivity contribution in [2.75, 3.05) is 12.8 Å². The first-order chi connectivity index (χ1) is 9.24. The molecule has 1 atom stereocenters. The van der Waals surface area contributed by atoms with Gasteiger partial charge in [0.1, 0.15) is 0 Å². The molecular formula is C16H23NOS. The van der Waals surface area contributed by atoms with Gasteiger partial charge in [0.2, 0.25) is 0 Å². The van der Waals surface area contributed by atoms with Crippen molar-refractivity contribution in [3.8, 4) is 0 Å². The molecule has 0 bridgehead atoms. The van der Waals surface area contributed by atoms with Crippen LogP contribution in [0, 0.1) is 5.92 Å². The molecule has 0 heterocycles. The van der Waals surface area contributed by atoms with Gasteiger partial charge in [-0.15, -0.1) is 0 Å². The standard InChI is InChI=1S/C16H23NOS/c1-17-19(18,16-12-6-3-7-13-16)14-8-11-15-9-4-2-5-10-15/h3,6-8,11-13,15H,2,4-5,9-10,14H2,1H3/b11-8-. The Bertz CT molecular complexity index is 521. The Balaban J connectivity index is 2.04. The molecule has 1 saturated carbocycles. The summed E-state index contributed by atoms with van der Waals surface area (Å²) < 4.78 is 16.9. The molecule has 0 radical (unpaired) electrons. The fourth-order valence-corrected chi connectivity index (χ4v) is 4.12. The minimum Gasteiger partial charge on any atom is -0.244 e. The monoisotopic (exact) mass is 277 g/mol. The average Bonchev–Trinajstić information content (AvgIpc) is 2.49. The Morgan fingerprint density at radius 3 is 2.53 bits per heavy atom. The summed E-state index contributed by atoms with van der Waals surface area (Å²) in [6, 6.07) is 9.60. The topological polar surface area (TPSA) is 29.4 Å². The van der Waals surface area contributed by atoms with E-state index in [1.54, 1.807) is 7.05 Å². The lowest BCUT2D eigenvalue weighted by molar-refractivity contribution is 0.419. The highest BCUT2D eigenvalue weighted by Crippen LogP contribution is 2.24. The van der Waals surface area contributed by atoms with Gasteiger partial charge in [0.15, 0.2) is 0 Å². The van der Waals surface area contributed by atoms with Crippen LogP contribution in [0.5, 0.6) is 0 Å². The van der Waals surface area contributed by atoms with Gasteiger partial charge >= 0.3 is 0 Å². The number of rotatable bonds is 4. The summed E-state index contributed by atoms with van der Waals surface area (Å²) in [5, 5.41) is 0. The minimum atomic E-state index is -2.27. The van der Waals surface area contributed by atoms with Crippen molar-refractivity contribution in [2.24, 2.45) is 10.3 Å². The maximum atomic E-state index is 12.8. The number of hydrogen-bond donors (Lipinski definition) is 0. The zero-order valence-electron chi connectivity index (χ0n) is 11.6. The Labute approximate surface area is 117 Å². The van der Waals surface area contributed by atoms with Gasteiger partial charge in [-0.05, 0) is 30.9 Å². The van der Waals surface area contributed by atoms with Crippen LogP contribution in [0.25, 0.3) is 0 Å². The van der Waals surface area contributed by atoms with E-state index in [4.69, 9.17) is 0 Å². The van der Waals surface area contributed by atoms with Gasteiger partial charge in [0, 0.05) is 11.9 Å². The normalized spacial score (nSPS) is 20.3. The lowest BCUT2D eigenvalue weighted by Gasteiger charge is -2.17. The molecule has 1 aromatic carbocycles.